The van der Waals surface area contributed by atoms with Crippen molar-refractivity contribution in [3.63, 3.8) is 0 Å². The Morgan fingerprint density at radius 2 is 1.77 bits per heavy atom. The molecule has 0 radical (unpaired) electrons. The minimum Gasteiger partial charge on any atom is -0.348 e. The first-order valence-electron chi connectivity index (χ1n) is 10.1. The van der Waals surface area contributed by atoms with Crippen LogP contribution < -0.4 is 10.6 Å². The van der Waals surface area contributed by atoms with E-state index >= 15 is 0 Å². The number of amides is 3. The number of fused-ring (bicyclic) bond motifs is 1. The van der Waals surface area contributed by atoms with Gasteiger partial charge in [-0.15, -0.1) is 11.3 Å². The summed E-state index contributed by atoms with van der Waals surface area (Å²) in [5.74, 6) is 0.647. The Bertz CT molecular complexity index is 1090. The lowest BCUT2D eigenvalue weighted by Gasteiger charge is -2.32. The van der Waals surface area contributed by atoms with Crippen molar-refractivity contribution in [2.75, 3.05) is 18.4 Å². The Kier molecular flexibility index (Phi) is 5.67. The van der Waals surface area contributed by atoms with Crippen LogP contribution in [-0.4, -0.2) is 45.9 Å². The van der Waals surface area contributed by atoms with Crippen molar-refractivity contribution in [3.05, 3.63) is 52.3 Å². The number of nitrogens with zero attached hydrogens (tertiary/aromatic N) is 3. The highest BCUT2D eigenvalue weighted by atomic mass is 32.1. The van der Waals surface area contributed by atoms with Crippen LogP contribution in [0.3, 0.4) is 0 Å². The van der Waals surface area contributed by atoms with Crippen LogP contribution in [0.1, 0.15) is 39.6 Å². The number of rotatable bonds is 3. The number of anilines is 1. The van der Waals surface area contributed by atoms with Crippen LogP contribution in [0.25, 0.3) is 10.2 Å². The number of urea groups is 1. The van der Waals surface area contributed by atoms with Gasteiger partial charge < -0.3 is 15.5 Å². The lowest BCUT2D eigenvalue weighted by Crippen LogP contribution is -2.47. The molecule has 8 heteroatoms. The quantitative estimate of drug-likeness (QED) is 0.665. The molecule has 0 spiro atoms. The second-order valence-corrected chi connectivity index (χ2v) is 8.62. The smallest absolute Gasteiger partial charge is 0.321 e. The third-order valence-electron chi connectivity index (χ3n) is 5.43. The van der Waals surface area contributed by atoms with Crippen molar-refractivity contribution < 1.29 is 9.59 Å². The number of para-hydroxylation sites is 1. The van der Waals surface area contributed by atoms with Gasteiger partial charge in [-0.05, 0) is 51.3 Å². The first kappa shape index (κ1) is 20.3. The zero-order chi connectivity index (χ0) is 21.3. The average Bonchev–Trinajstić information content (AvgIpc) is 3.06. The number of hydrogen-bond acceptors (Lipinski definition) is 5. The SMILES string of the molecule is Cc1nc(C)c2c(C)c(C(=O)NC3CCN(C(=O)Nc4ccccc4)CC3)sc2n1. The van der Waals surface area contributed by atoms with E-state index in [1.165, 1.54) is 11.3 Å². The molecule has 30 heavy (non-hydrogen) atoms. The summed E-state index contributed by atoms with van der Waals surface area (Å²) in [4.78, 5) is 37.6. The van der Waals surface area contributed by atoms with Crippen LogP contribution in [0.15, 0.2) is 30.3 Å². The van der Waals surface area contributed by atoms with Gasteiger partial charge in [0.05, 0.1) is 4.88 Å². The summed E-state index contributed by atoms with van der Waals surface area (Å²) in [5.41, 5.74) is 2.62. The summed E-state index contributed by atoms with van der Waals surface area (Å²) >= 11 is 1.42. The van der Waals surface area contributed by atoms with Crippen LogP contribution in [0, 0.1) is 20.8 Å². The van der Waals surface area contributed by atoms with Crippen molar-refractivity contribution in [3.8, 4) is 0 Å². The van der Waals surface area contributed by atoms with Crippen LogP contribution >= 0.6 is 11.3 Å². The van der Waals surface area contributed by atoms with E-state index in [-0.39, 0.29) is 18.0 Å². The molecule has 1 fully saturated rings. The molecule has 2 N–H and O–H groups in total. The molecular weight excluding hydrogens is 398 g/mol. The van der Waals surface area contributed by atoms with Gasteiger partial charge in [0.1, 0.15) is 10.7 Å². The normalized spacial score (nSPS) is 14.7. The van der Waals surface area contributed by atoms with Crippen molar-refractivity contribution >= 4 is 39.2 Å². The molecule has 0 atom stereocenters. The minimum atomic E-state index is -0.101. The summed E-state index contributed by atoms with van der Waals surface area (Å²) in [6.45, 7) is 6.99. The number of carbonyl (C=O) groups excluding carboxylic acids is 2. The first-order valence-corrected chi connectivity index (χ1v) is 10.9. The number of carbonyl (C=O) groups is 2. The minimum absolute atomic E-state index is 0.0526. The average molecular weight is 424 g/mol. The van der Waals surface area contributed by atoms with Gasteiger partial charge in [0.2, 0.25) is 0 Å². The van der Waals surface area contributed by atoms with Gasteiger partial charge in [0.15, 0.2) is 0 Å². The number of piperidine rings is 1. The largest absolute Gasteiger partial charge is 0.348 e. The van der Waals surface area contributed by atoms with E-state index in [1.807, 2.05) is 51.1 Å². The molecule has 4 rings (SSSR count). The van der Waals surface area contributed by atoms with Gasteiger partial charge in [0, 0.05) is 35.9 Å². The molecule has 2 aromatic heterocycles. The van der Waals surface area contributed by atoms with Crippen molar-refractivity contribution in [1.29, 1.82) is 0 Å². The Morgan fingerprint density at radius 3 is 2.47 bits per heavy atom. The molecule has 1 aromatic carbocycles. The van der Waals surface area contributed by atoms with Crippen LogP contribution in [-0.2, 0) is 0 Å². The molecule has 7 nitrogen and oxygen atoms in total. The number of aromatic nitrogens is 2. The summed E-state index contributed by atoms with van der Waals surface area (Å²) in [7, 11) is 0. The molecule has 0 bridgehead atoms. The maximum Gasteiger partial charge on any atom is 0.321 e. The van der Waals surface area contributed by atoms with Crippen molar-refractivity contribution in [2.45, 2.75) is 39.7 Å². The molecule has 1 saturated heterocycles. The van der Waals surface area contributed by atoms with Gasteiger partial charge in [-0.25, -0.2) is 14.8 Å². The van der Waals surface area contributed by atoms with Gasteiger partial charge in [-0.3, -0.25) is 4.79 Å². The zero-order valence-corrected chi connectivity index (χ0v) is 18.2. The summed E-state index contributed by atoms with van der Waals surface area (Å²) in [6, 6.07) is 9.38. The number of thiophene rings is 1. The Morgan fingerprint density at radius 1 is 1.07 bits per heavy atom. The van der Waals surface area contributed by atoms with E-state index in [9.17, 15) is 9.59 Å². The van der Waals surface area contributed by atoms with Gasteiger partial charge in [0.25, 0.3) is 5.91 Å². The summed E-state index contributed by atoms with van der Waals surface area (Å²) in [6.07, 6.45) is 1.46. The van der Waals surface area contributed by atoms with Gasteiger partial charge >= 0.3 is 6.03 Å². The second-order valence-electron chi connectivity index (χ2n) is 7.62. The highest BCUT2D eigenvalue weighted by Crippen LogP contribution is 2.31. The molecule has 0 aliphatic carbocycles. The number of nitrogens with one attached hydrogen (secondary N) is 2. The number of likely N-dealkylation sites (tertiary alicyclic amines) is 1. The number of hydrogen-bond donors (Lipinski definition) is 2. The summed E-state index contributed by atoms with van der Waals surface area (Å²) in [5, 5.41) is 7.03. The van der Waals surface area contributed by atoms with Gasteiger partial charge in [-0.2, -0.15) is 0 Å². The van der Waals surface area contributed by atoms with E-state index in [0.29, 0.717) is 23.8 Å². The third-order valence-corrected chi connectivity index (χ3v) is 6.62. The summed E-state index contributed by atoms with van der Waals surface area (Å²) < 4.78 is 0. The maximum absolute atomic E-state index is 12.9. The molecule has 0 saturated carbocycles. The lowest BCUT2D eigenvalue weighted by atomic mass is 10.0. The number of benzene rings is 1. The molecule has 1 aliphatic rings. The zero-order valence-electron chi connectivity index (χ0n) is 17.4. The standard InChI is InChI=1S/C22H25N5O2S/c1-13-18-14(2)23-15(3)24-21(18)30-19(13)20(28)25-17-9-11-27(12-10-17)22(29)26-16-7-5-4-6-8-16/h4-8,17H,9-12H2,1-3H3,(H,25,28)(H,26,29). The van der Waals surface area contributed by atoms with E-state index in [4.69, 9.17) is 0 Å². The molecule has 0 unspecified atom stereocenters. The fourth-order valence-corrected chi connectivity index (χ4v) is 5.07. The van der Waals surface area contributed by atoms with Crippen LogP contribution in [0.2, 0.25) is 0 Å². The molecule has 3 heterocycles. The highest BCUT2D eigenvalue weighted by molar-refractivity contribution is 7.20. The second kappa shape index (κ2) is 8.39. The molecular formula is C22H25N5O2S. The highest BCUT2D eigenvalue weighted by Gasteiger charge is 2.26. The first-order chi connectivity index (χ1) is 14.4. The van der Waals surface area contributed by atoms with Gasteiger partial charge in [-0.1, -0.05) is 18.2 Å². The number of aryl methyl sites for hydroxylation is 3. The fourth-order valence-electron chi connectivity index (χ4n) is 3.89. The molecule has 3 aromatic rings. The Labute approximate surface area is 179 Å². The Balaban J connectivity index is 1.37. The van der Waals surface area contributed by atoms with Crippen molar-refractivity contribution in [1.82, 2.24) is 20.2 Å². The molecule has 1 aliphatic heterocycles. The van der Waals surface area contributed by atoms with Crippen molar-refractivity contribution in [2.24, 2.45) is 0 Å². The lowest BCUT2D eigenvalue weighted by molar-refractivity contribution is 0.0923. The Hall–Kier alpha value is -3.00. The predicted molar refractivity (Wildman–Crippen MR) is 119 cm³/mol. The van der Waals surface area contributed by atoms with E-state index in [1.54, 1.807) is 4.90 Å². The topological polar surface area (TPSA) is 87.2 Å². The van der Waals surface area contributed by atoms with E-state index < -0.39 is 0 Å². The maximum atomic E-state index is 12.9. The third kappa shape index (κ3) is 4.14. The van der Waals surface area contributed by atoms with E-state index in [2.05, 4.69) is 20.6 Å². The molecule has 3 amide bonds. The van der Waals surface area contributed by atoms with E-state index in [0.717, 1.165) is 40.0 Å². The fraction of sp³-hybridized carbons (Fsp3) is 0.364. The monoisotopic (exact) mass is 423 g/mol. The van der Waals surface area contributed by atoms with Crippen LogP contribution in [0.4, 0.5) is 10.5 Å². The predicted octanol–water partition coefficient (Wildman–Crippen LogP) is 4.04. The molecule has 156 valence electrons. The van der Waals surface area contributed by atoms with Crippen LogP contribution in [0.5, 0.6) is 0 Å².